The van der Waals surface area contributed by atoms with Crippen LogP contribution in [-0.2, 0) is 0 Å². The Bertz CT molecular complexity index is 1020. The number of anilines is 2. The van der Waals surface area contributed by atoms with Gasteiger partial charge in [0, 0.05) is 22.9 Å². The summed E-state index contributed by atoms with van der Waals surface area (Å²) in [6.07, 6.45) is -0.669. The van der Waals surface area contributed by atoms with Gasteiger partial charge in [0.1, 0.15) is 23.5 Å². The Balaban J connectivity index is 1.75. The largest absolute Gasteiger partial charge is 0.494 e. The molecule has 1 unspecified atom stereocenters. The van der Waals surface area contributed by atoms with Gasteiger partial charge in [0.05, 0.1) is 12.3 Å². The second-order valence-electron chi connectivity index (χ2n) is 6.36. The number of nitrogens with zero attached hydrogens (tertiary/aromatic N) is 1. The zero-order valence-corrected chi connectivity index (χ0v) is 15.2. The number of nitrogens with one attached hydrogen (secondary N) is 1. The van der Waals surface area contributed by atoms with E-state index >= 15 is 0 Å². The maximum atomic E-state index is 14.2. The van der Waals surface area contributed by atoms with Gasteiger partial charge in [-0.1, -0.05) is 18.2 Å². The highest BCUT2D eigenvalue weighted by Gasteiger charge is 2.37. The highest BCUT2D eigenvalue weighted by atomic mass is 19.1. The normalized spacial score (nSPS) is 15.5. The van der Waals surface area contributed by atoms with Crippen molar-refractivity contribution in [2.75, 3.05) is 16.8 Å². The molecule has 0 bridgehead atoms. The molecule has 0 radical (unpaired) electrons. The molecule has 1 N–H and O–H groups in total. The molecule has 0 saturated heterocycles. The van der Waals surface area contributed by atoms with E-state index in [1.807, 2.05) is 13.0 Å². The molecule has 3 aromatic carbocycles. The van der Waals surface area contributed by atoms with Gasteiger partial charge in [-0.05, 0) is 49.4 Å². The van der Waals surface area contributed by atoms with Crippen LogP contribution in [0.3, 0.4) is 0 Å². The van der Waals surface area contributed by atoms with Gasteiger partial charge in [0.2, 0.25) is 0 Å². The molecule has 6 heteroatoms. The topological polar surface area (TPSA) is 41.6 Å². The van der Waals surface area contributed by atoms with Crippen molar-refractivity contribution in [3.05, 3.63) is 89.5 Å². The lowest BCUT2D eigenvalue weighted by Crippen LogP contribution is -2.32. The van der Waals surface area contributed by atoms with E-state index in [9.17, 15) is 13.6 Å². The van der Waals surface area contributed by atoms with Gasteiger partial charge in [-0.3, -0.25) is 9.69 Å². The molecule has 0 aromatic heterocycles. The van der Waals surface area contributed by atoms with Crippen molar-refractivity contribution in [2.24, 2.45) is 0 Å². The van der Waals surface area contributed by atoms with E-state index in [0.29, 0.717) is 29.2 Å². The minimum absolute atomic E-state index is 0.00885. The van der Waals surface area contributed by atoms with Gasteiger partial charge in [0.25, 0.3) is 5.91 Å². The summed E-state index contributed by atoms with van der Waals surface area (Å²) >= 11 is 0. The van der Waals surface area contributed by atoms with Crippen molar-refractivity contribution < 1.29 is 18.3 Å². The lowest BCUT2D eigenvalue weighted by molar-refractivity contribution is 0.0993. The predicted octanol–water partition coefficient (Wildman–Crippen LogP) is 5.13. The quantitative estimate of drug-likeness (QED) is 0.667. The molecule has 3 aromatic rings. The average Bonchev–Trinajstić information content (AvgIpc) is 2.98. The highest BCUT2D eigenvalue weighted by molar-refractivity contribution is 6.11. The third-order valence-electron chi connectivity index (χ3n) is 4.61. The van der Waals surface area contributed by atoms with Crippen molar-refractivity contribution in [3.8, 4) is 5.75 Å². The molecule has 0 fully saturated rings. The van der Waals surface area contributed by atoms with E-state index < -0.39 is 17.8 Å². The molecular weight excluding hydrogens is 362 g/mol. The first kappa shape index (κ1) is 18.0. The molecule has 0 aliphatic carbocycles. The number of hydrogen-bond donors (Lipinski definition) is 1. The number of rotatable bonds is 5. The summed E-state index contributed by atoms with van der Waals surface area (Å²) in [5.74, 6) is -0.677. The zero-order valence-electron chi connectivity index (χ0n) is 15.2. The van der Waals surface area contributed by atoms with Crippen LogP contribution in [0.4, 0.5) is 20.2 Å². The van der Waals surface area contributed by atoms with Crippen LogP contribution >= 0.6 is 0 Å². The minimum atomic E-state index is -0.669. The third-order valence-corrected chi connectivity index (χ3v) is 4.61. The van der Waals surface area contributed by atoms with Gasteiger partial charge < -0.3 is 10.1 Å². The smallest absolute Gasteiger partial charge is 0.260 e. The summed E-state index contributed by atoms with van der Waals surface area (Å²) < 4.78 is 33.3. The van der Waals surface area contributed by atoms with Crippen molar-refractivity contribution in [1.29, 1.82) is 0 Å². The van der Waals surface area contributed by atoms with Crippen LogP contribution in [0, 0.1) is 11.6 Å². The number of carbonyl (C=O) groups excluding carboxylic acids is 1. The number of halogens is 2. The first-order valence-corrected chi connectivity index (χ1v) is 8.95. The summed E-state index contributed by atoms with van der Waals surface area (Å²) in [4.78, 5) is 14.6. The van der Waals surface area contributed by atoms with Crippen LogP contribution in [0.15, 0.2) is 66.7 Å². The van der Waals surface area contributed by atoms with E-state index in [0.717, 1.165) is 18.2 Å². The van der Waals surface area contributed by atoms with Crippen LogP contribution in [0.1, 0.15) is 29.0 Å². The fourth-order valence-corrected chi connectivity index (χ4v) is 3.35. The van der Waals surface area contributed by atoms with Crippen LogP contribution in [0.2, 0.25) is 0 Å². The number of amides is 1. The molecule has 1 heterocycles. The van der Waals surface area contributed by atoms with E-state index in [-0.39, 0.29) is 11.6 Å². The van der Waals surface area contributed by atoms with Crippen LogP contribution in [-0.4, -0.2) is 12.5 Å². The first-order chi connectivity index (χ1) is 13.6. The lowest BCUT2D eigenvalue weighted by atomic mass is 10.1. The summed E-state index contributed by atoms with van der Waals surface area (Å²) in [7, 11) is 0. The van der Waals surface area contributed by atoms with Gasteiger partial charge in [-0.25, -0.2) is 8.78 Å². The van der Waals surface area contributed by atoms with Crippen LogP contribution in [0.5, 0.6) is 5.75 Å². The number of carbonyl (C=O) groups is 1. The third kappa shape index (κ3) is 3.17. The van der Waals surface area contributed by atoms with Crippen molar-refractivity contribution >= 4 is 17.3 Å². The Kier molecular flexibility index (Phi) is 4.69. The van der Waals surface area contributed by atoms with Gasteiger partial charge in [0.15, 0.2) is 0 Å². The molecule has 0 saturated carbocycles. The Morgan fingerprint density at radius 2 is 1.79 bits per heavy atom. The van der Waals surface area contributed by atoms with Crippen molar-refractivity contribution in [3.63, 3.8) is 0 Å². The standard InChI is InChI=1S/C22H18F2N2O2/c1-2-28-16-10-8-15(9-11-16)26-21(17-5-3-4-6-18(17)22(26)27)25-20-13-14(23)7-12-19(20)24/h3-13,21,25H,2H2,1H3. The average molecular weight is 380 g/mol. The molecule has 4 rings (SSSR count). The maximum Gasteiger partial charge on any atom is 0.260 e. The maximum absolute atomic E-state index is 14.2. The number of hydrogen-bond acceptors (Lipinski definition) is 3. The Morgan fingerprint density at radius 3 is 2.54 bits per heavy atom. The molecule has 1 amide bonds. The fraction of sp³-hybridized carbons (Fsp3) is 0.136. The summed E-state index contributed by atoms with van der Waals surface area (Å²) in [6, 6.07) is 17.4. The molecule has 142 valence electrons. The fourth-order valence-electron chi connectivity index (χ4n) is 3.35. The van der Waals surface area contributed by atoms with Crippen LogP contribution < -0.4 is 15.0 Å². The van der Waals surface area contributed by atoms with E-state index in [1.165, 1.54) is 4.90 Å². The number of benzene rings is 3. The molecule has 1 aliphatic rings. The van der Waals surface area contributed by atoms with E-state index in [1.54, 1.807) is 42.5 Å². The monoisotopic (exact) mass is 380 g/mol. The molecule has 1 aliphatic heterocycles. The Hall–Kier alpha value is -3.41. The Labute approximate surface area is 161 Å². The number of ether oxygens (including phenoxy) is 1. The first-order valence-electron chi connectivity index (χ1n) is 8.95. The SMILES string of the molecule is CCOc1ccc(N2C(=O)c3ccccc3C2Nc2cc(F)ccc2F)cc1. The second kappa shape index (κ2) is 7.31. The predicted molar refractivity (Wildman–Crippen MR) is 104 cm³/mol. The van der Waals surface area contributed by atoms with Gasteiger partial charge >= 0.3 is 0 Å². The minimum Gasteiger partial charge on any atom is -0.494 e. The molecule has 4 nitrogen and oxygen atoms in total. The molecule has 0 spiro atoms. The second-order valence-corrected chi connectivity index (χ2v) is 6.36. The highest BCUT2D eigenvalue weighted by Crippen LogP contribution is 2.38. The number of fused-ring (bicyclic) bond motifs is 1. The van der Waals surface area contributed by atoms with Crippen LogP contribution in [0.25, 0.3) is 0 Å². The van der Waals surface area contributed by atoms with E-state index in [4.69, 9.17) is 4.74 Å². The lowest BCUT2D eigenvalue weighted by Gasteiger charge is -2.27. The Morgan fingerprint density at radius 1 is 1.04 bits per heavy atom. The van der Waals surface area contributed by atoms with E-state index in [2.05, 4.69) is 5.32 Å². The zero-order chi connectivity index (χ0) is 19.7. The van der Waals surface area contributed by atoms with Crippen molar-refractivity contribution in [1.82, 2.24) is 0 Å². The molecular formula is C22H18F2N2O2. The summed E-state index contributed by atoms with van der Waals surface area (Å²) in [5, 5.41) is 2.98. The molecule has 28 heavy (non-hydrogen) atoms. The van der Waals surface area contributed by atoms with Gasteiger partial charge in [-0.2, -0.15) is 0 Å². The van der Waals surface area contributed by atoms with Crippen molar-refractivity contribution in [2.45, 2.75) is 13.1 Å². The summed E-state index contributed by atoms with van der Waals surface area (Å²) in [5.41, 5.74) is 1.83. The summed E-state index contributed by atoms with van der Waals surface area (Å²) in [6.45, 7) is 2.43. The molecule has 1 atom stereocenters. The van der Waals surface area contributed by atoms with Gasteiger partial charge in [-0.15, -0.1) is 0 Å².